The van der Waals surface area contributed by atoms with Crippen molar-refractivity contribution < 1.29 is 23.1 Å². The lowest BCUT2D eigenvalue weighted by Crippen LogP contribution is -2.25. The van der Waals surface area contributed by atoms with E-state index < -0.39 is 17.6 Å². The van der Waals surface area contributed by atoms with Crippen molar-refractivity contribution in [2.45, 2.75) is 45.0 Å². The number of fused-ring (bicyclic) bond motifs is 1. The molecule has 10 heteroatoms. The van der Waals surface area contributed by atoms with E-state index in [4.69, 9.17) is 5.11 Å². The summed E-state index contributed by atoms with van der Waals surface area (Å²) in [5.74, 6) is -0.00159. The van der Waals surface area contributed by atoms with E-state index in [1.807, 2.05) is 0 Å². The molecule has 2 N–H and O–H groups in total. The molecule has 0 atom stereocenters. The summed E-state index contributed by atoms with van der Waals surface area (Å²) in [5, 5.41) is 11.1. The summed E-state index contributed by atoms with van der Waals surface area (Å²) < 4.78 is 40.0. The molecule has 0 bridgehead atoms. The first-order valence-corrected chi connectivity index (χ1v) is 9.42. The minimum Gasteiger partial charge on any atom is -0.393 e. The van der Waals surface area contributed by atoms with Gasteiger partial charge in [0.1, 0.15) is 11.5 Å². The molecule has 1 amide bonds. The lowest BCUT2D eigenvalue weighted by atomic mass is 9.97. The number of alkyl halides is 3. The van der Waals surface area contributed by atoms with Crippen molar-refractivity contribution >= 4 is 16.9 Å². The van der Waals surface area contributed by atoms with E-state index in [0.29, 0.717) is 17.0 Å². The van der Waals surface area contributed by atoms with Crippen molar-refractivity contribution in [2.24, 2.45) is 7.05 Å². The van der Waals surface area contributed by atoms with E-state index in [0.717, 1.165) is 25.0 Å². The van der Waals surface area contributed by atoms with Crippen LogP contribution in [0.3, 0.4) is 0 Å². The van der Waals surface area contributed by atoms with Crippen LogP contribution in [-0.4, -0.2) is 36.6 Å². The number of carbonyl (C=O) groups excluding carboxylic acids is 1. The Morgan fingerprint density at radius 1 is 1.27 bits per heavy atom. The van der Waals surface area contributed by atoms with E-state index in [2.05, 4.69) is 20.3 Å². The highest BCUT2D eigenvalue weighted by atomic mass is 19.4. The molecule has 30 heavy (non-hydrogen) atoms. The average molecular weight is 421 g/mol. The number of rotatable bonds is 3. The third kappa shape index (κ3) is 5.12. The van der Waals surface area contributed by atoms with Gasteiger partial charge in [-0.15, -0.1) is 0 Å². The summed E-state index contributed by atoms with van der Waals surface area (Å²) in [6.45, 7) is 1.81. The van der Waals surface area contributed by atoms with E-state index in [-0.39, 0.29) is 23.9 Å². The summed E-state index contributed by atoms with van der Waals surface area (Å²) in [4.78, 5) is 24.2. The number of amides is 1. The van der Waals surface area contributed by atoms with Gasteiger partial charge in [0.05, 0.1) is 41.1 Å². The van der Waals surface area contributed by atoms with Crippen LogP contribution in [0.15, 0.2) is 30.6 Å². The highest BCUT2D eigenvalue weighted by Crippen LogP contribution is 2.31. The minimum atomic E-state index is -4.43. The molecule has 7 nitrogen and oxygen atoms in total. The first kappa shape index (κ1) is 21.7. The molecule has 1 saturated carbocycles. The van der Waals surface area contributed by atoms with Gasteiger partial charge in [-0.2, -0.15) is 13.2 Å². The van der Waals surface area contributed by atoms with Crippen LogP contribution < -0.4 is 5.32 Å². The smallest absolute Gasteiger partial charge is 0.393 e. The van der Waals surface area contributed by atoms with Crippen molar-refractivity contribution in [1.82, 2.24) is 24.8 Å². The van der Waals surface area contributed by atoms with Crippen LogP contribution in [-0.2, 0) is 19.8 Å². The van der Waals surface area contributed by atoms with Gasteiger partial charge in [-0.3, -0.25) is 9.78 Å². The van der Waals surface area contributed by atoms with Gasteiger partial charge >= 0.3 is 6.18 Å². The normalized spacial score (nSPS) is 14.1. The third-order valence-corrected chi connectivity index (χ3v) is 4.80. The van der Waals surface area contributed by atoms with Gasteiger partial charge in [0.2, 0.25) is 0 Å². The van der Waals surface area contributed by atoms with Gasteiger partial charge in [-0.05, 0) is 44.4 Å². The molecular formula is C20H22F3N5O2. The van der Waals surface area contributed by atoms with Crippen LogP contribution in [0, 0.1) is 6.92 Å². The zero-order valence-corrected chi connectivity index (χ0v) is 16.6. The van der Waals surface area contributed by atoms with E-state index in [9.17, 15) is 18.0 Å². The number of hydrogen-bond donors (Lipinski definition) is 2. The van der Waals surface area contributed by atoms with Crippen molar-refractivity contribution in [2.75, 3.05) is 0 Å². The molecule has 1 aromatic carbocycles. The van der Waals surface area contributed by atoms with E-state index in [1.165, 1.54) is 24.9 Å². The number of halogens is 3. The van der Waals surface area contributed by atoms with Crippen LogP contribution in [0.2, 0.25) is 0 Å². The molecule has 2 aromatic heterocycles. The molecule has 0 radical (unpaired) electrons. The molecule has 4 rings (SSSR count). The number of benzene rings is 1. The molecule has 160 valence electrons. The number of aliphatic hydroxyl groups is 1. The average Bonchev–Trinajstić information content (AvgIpc) is 3.00. The number of aliphatic hydroxyl groups excluding tert-OH is 1. The summed E-state index contributed by atoms with van der Waals surface area (Å²) in [6.07, 6.45) is 1.79. The lowest BCUT2D eigenvalue weighted by Gasteiger charge is -2.17. The third-order valence-electron chi connectivity index (χ3n) is 4.80. The zero-order chi connectivity index (χ0) is 21.9. The Morgan fingerprint density at radius 2 is 1.97 bits per heavy atom. The Bertz CT molecular complexity index is 1030. The molecule has 1 aliphatic carbocycles. The molecule has 2 heterocycles. The topological polar surface area (TPSA) is 92.9 Å². The van der Waals surface area contributed by atoms with E-state index in [1.54, 1.807) is 18.5 Å². The number of aryl methyl sites for hydroxylation is 2. The number of carbonyl (C=O) groups is 1. The quantitative estimate of drug-likeness (QED) is 0.678. The standard InChI is InChI=1S/C16H14F3N5O.C4H8O/c1-9-6-21-12(7-20-9)15(25)22-8-14-23-11-5-10(16(17,18)19)3-4-13(11)24(14)2;5-4-2-1-3-4/h3-7H,8H2,1-2H3,(H,22,25);4-5H,1-3H2. The summed E-state index contributed by atoms with van der Waals surface area (Å²) in [7, 11) is 1.68. The fraction of sp³-hybridized carbons (Fsp3) is 0.400. The predicted octanol–water partition coefficient (Wildman–Crippen LogP) is 3.15. The molecule has 3 aromatic rings. The molecule has 0 spiro atoms. The summed E-state index contributed by atoms with van der Waals surface area (Å²) >= 11 is 0. The zero-order valence-electron chi connectivity index (χ0n) is 16.6. The largest absolute Gasteiger partial charge is 0.416 e. The maximum Gasteiger partial charge on any atom is 0.416 e. The molecule has 1 fully saturated rings. The number of imidazole rings is 1. The Kier molecular flexibility index (Phi) is 6.35. The van der Waals surface area contributed by atoms with Gasteiger partial charge in [-0.1, -0.05) is 0 Å². The van der Waals surface area contributed by atoms with Gasteiger partial charge < -0.3 is 15.0 Å². The van der Waals surface area contributed by atoms with Gasteiger partial charge in [0.15, 0.2) is 0 Å². The van der Waals surface area contributed by atoms with Gasteiger partial charge in [0.25, 0.3) is 5.91 Å². The van der Waals surface area contributed by atoms with Crippen LogP contribution in [0.1, 0.15) is 46.8 Å². The second-order valence-electron chi connectivity index (χ2n) is 7.10. The molecule has 0 saturated heterocycles. The predicted molar refractivity (Wildman–Crippen MR) is 104 cm³/mol. The van der Waals surface area contributed by atoms with Gasteiger partial charge in [-0.25, -0.2) is 9.97 Å². The number of aromatic nitrogens is 4. The maximum absolute atomic E-state index is 12.8. The SMILES string of the molecule is Cc1cnc(C(=O)NCc2nc3cc(C(F)(F)F)ccc3n2C)cn1.OC1CCC1. The summed E-state index contributed by atoms with van der Waals surface area (Å²) in [5.41, 5.74) is 0.851. The van der Waals surface area contributed by atoms with Crippen molar-refractivity contribution in [3.05, 3.63) is 53.4 Å². The van der Waals surface area contributed by atoms with Crippen LogP contribution in [0.5, 0.6) is 0 Å². The molecular weight excluding hydrogens is 399 g/mol. The fourth-order valence-electron chi connectivity index (χ4n) is 2.73. The Morgan fingerprint density at radius 3 is 2.50 bits per heavy atom. The van der Waals surface area contributed by atoms with E-state index >= 15 is 0 Å². The van der Waals surface area contributed by atoms with Crippen LogP contribution in [0.4, 0.5) is 13.2 Å². The second kappa shape index (κ2) is 8.78. The highest BCUT2D eigenvalue weighted by molar-refractivity contribution is 5.91. The Hall–Kier alpha value is -3.01. The molecule has 1 aliphatic rings. The molecule has 0 aliphatic heterocycles. The number of hydrogen-bond acceptors (Lipinski definition) is 5. The number of nitrogens with zero attached hydrogens (tertiary/aromatic N) is 4. The summed E-state index contributed by atoms with van der Waals surface area (Å²) in [6, 6.07) is 3.36. The highest BCUT2D eigenvalue weighted by Gasteiger charge is 2.31. The first-order valence-electron chi connectivity index (χ1n) is 9.42. The number of nitrogens with one attached hydrogen (secondary N) is 1. The monoisotopic (exact) mass is 421 g/mol. The fourth-order valence-corrected chi connectivity index (χ4v) is 2.73. The minimum absolute atomic E-state index is 0.0565. The van der Waals surface area contributed by atoms with Crippen molar-refractivity contribution in [1.29, 1.82) is 0 Å². The van der Waals surface area contributed by atoms with Crippen LogP contribution in [0.25, 0.3) is 11.0 Å². The van der Waals surface area contributed by atoms with Gasteiger partial charge in [0, 0.05) is 13.2 Å². The Labute approximate surface area is 171 Å². The molecule has 0 unspecified atom stereocenters. The van der Waals surface area contributed by atoms with Crippen molar-refractivity contribution in [3.8, 4) is 0 Å². The Balaban J connectivity index is 0.000000448. The second-order valence-corrected chi connectivity index (χ2v) is 7.10. The lowest BCUT2D eigenvalue weighted by molar-refractivity contribution is -0.137. The van der Waals surface area contributed by atoms with Crippen molar-refractivity contribution in [3.63, 3.8) is 0 Å². The maximum atomic E-state index is 12.8. The first-order chi connectivity index (χ1) is 14.1. The van der Waals surface area contributed by atoms with Crippen LogP contribution >= 0.6 is 0 Å².